The Morgan fingerprint density at radius 1 is 1.57 bits per heavy atom. The molecule has 3 nitrogen and oxygen atoms in total. The van der Waals surface area contributed by atoms with Gasteiger partial charge in [0.05, 0.1) is 13.2 Å². The summed E-state index contributed by atoms with van der Waals surface area (Å²) in [6, 6.07) is 0.490. The lowest BCUT2D eigenvalue weighted by atomic mass is 10.3. The van der Waals surface area contributed by atoms with E-state index in [9.17, 15) is 0 Å². The van der Waals surface area contributed by atoms with Crippen LogP contribution in [0.4, 0.5) is 0 Å². The molecule has 0 spiro atoms. The Morgan fingerprint density at radius 2 is 2.29 bits per heavy atom. The summed E-state index contributed by atoms with van der Waals surface area (Å²) in [7, 11) is 2.10. The number of likely N-dealkylation sites (N-methyl/N-ethyl adjacent to an activating group) is 1. The van der Waals surface area contributed by atoms with Crippen LogP contribution in [0.25, 0.3) is 0 Å². The SMILES string of the molecule is C#CCNCC(C)N(C)CCOCC. The topological polar surface area (TPSA) is 24.5 Å². The predicted molar refractivity (Wildman–Crippen MR) is 60.3 cm³/mol. The van der Waals surface area contributed by atoms with Gasteiger partial charge in [-0.15, -0.1) is 6.42 Å². The molecule has 0 saturated carbocycles. The third-order valence-electron chi connectivity index (χ3n) is 2.21. The zero-order valence-corrected chi connectivity index (χ0v) is 9.55. The highest BCUT2D eigenvalue weighted by Gasteiger charge is 2.07. The molecule has 0 saturated heterocycles. The molecule has 0 bridgehead atoms. The lowest BCUT2D eigenvalue weighted by molar-refractivity contribution is 0.110. The average molecular weight is 198 g/mol. The quantitative estimate of drug-likeness (QED) is 0.456. The van der Waals surface area contributed by atoms with Crippen molar-refractivity contribution >= 4 is 0 Å². The average Bonchev–Trinajstić information content (AvgIpc) is 2.18. The molecule has 0 fully saturated rings. The molecule has 0 aliphatic heterocycles. The van der Waals surface area contributed by atoms with Crippen LogP contribution in [0.3, 0.4) is 0 Å². The molecule has 14 heavy (non-hydrogen) atoms. The molecular formula is C11H22N2O. The van der Waals surface area contributed by atoms with E-state index in [2.05, 4.69) is 30.1 Å². The van der Waals surface area contributed by atoms with Gasteiger partial charge < -0.3 is 15.0 Å². The Kier molecular flexibility index (Phi) is 8.65. The number of hydrogen-bond acceptors (Lipinski definition) is 3. The number of rotatable bonds is 8. The van der Waals surface area contributed by atoms with E-state index in [1.54, 1.807) is 0 Å². The molecule has 0 aromatic carbocycles. The molecular weight excluding hydrogens is 176 g/mol. The van der Waals surface area contributed by atoms with Crippen LogP contribution in [0.1, 0.15) is 13.8 Å². The van der Waals surface area contributed by atoms with Crippen LogP contribution in [0.2, 0.25) is 0 Å². The van der Waals surface area contributed by atoms with Crippen molar-refractivity contribution in [2.75, 3.05) is 39.9 Å². The van der Waals surface area contributed by atoms with Gasteiger partial charge >= 0.3 is 0 Å². The van der Waals surface area contributed by atoms with Gasteiger partial charge in [0.2, 0.25) is 0 Å². The van der Waals surface area contributed by atoms with Gasteiger partial charge in [0.25, 0.3) is 0 Å². The van der Waals surface area contributed by atoms with Gasteiger partial charge in [-0.1, -0.05) is 5.92 Å². The van der Waals surface area contributed by atoms with Crippen LogP contribution < -0.4 is 5.32 Å². The van der Waals surface area contributed by atoms with Crippen LogP contribution >= 0.6 is 0 Å². The summed E-state index contributed by atoms with van der Waals surface area (Å²) in [5, 5.41) is 3.19. The summed E-state index contributed by atoms with van der Waals surface area (Å²) >= 11 is 0. The lowest BCUT2D eigenvalue weighted by Crippen LogP contribution is -2.39. The summed E-state index contributed by atoms with van der Waals surface area (Å²) in [4.78, 5) is 2.26. The summed E-state index contributed by atoms with van der Waals surface area (Å²) in [5.41, 5.74) is 0. The highest BCUT2D eigenvalue weighted by molar-refractivity contribution is 4.87. The summed E-state index contributed by atoms with van der Waals surface area (Å²) in [6.07, 6.45) is 5.14. The van der Waals surface area contributed by atoms with Gasteiger partial charge in [-0.3, -0.25) is 0 Å². The highest BCUT2D eigenvalue weighted by atomic mass is 16.5. The molecule has 82 valence electrons. The minimum Gasteiger partial charge on any atom is -0.380 e. The molecule has 0 radical (unpaired) electrons. The zero-order chi connectivity index (χ0) is 10.8. The fraction of sp³-hybridized carbons (Fsp3) is 0.818. The van der Waals surface area contributed by atoms with Crippen molar-refractivity contribution in [3.05, 3.63) is 0 Å². The number of ether oxygens (including phenoxy) is 1. The molecule has 0 amide bonds. The monoisotopic (exact) mass is 198 g/mol. The minimum atomic E-state index is 0.490. The summed E-state index contributed by atoms with van der Waals surface area (Å²) in [6.45, 7) is 8.31. The molecule has 1 unspecified atom stereocenters. The number of nitrogens with zero attached hydrogens (tertiary/aromatic N) is 1. The van der Waals surface area contributed by atoms with E-state index in [-0.39, 0.29) is 0 Å². The van der Waals surface area contributed by atoms with Gasteiger partial charge in [-0.05, 0) is 20.9 Å². The first kappa shape index (κ1) is 13.4. The second-order valence-corrected chi connectivity index (χ2v) is 3.36. The summed E-state index contributed by atoms with van der Waals surface area (Å²) < 4.78 is 5.29. The highest BCUT2D eigenvalue weighted by Crippen LogP contribution is 1.93. The van der Waals surface area contributed by atoms with Crippen molar-refractivity contribution in [2.24, 2.45) is 0 Å². The molecule has 1 N–H and O–H groups in total. The smallest absolute Gasteiger partial charge is 0.0593 e. The maximum Gasteiger partial charge on any atom is 0.0593 e. The Hall–Kier alpha value is -0.560. The van der Waals surface area contributed by atoms with Gasteiger partial charge in [-0.2, -0.15) is 0 Å². The van der Waals surface area contributed by atoms with E-state index >= 15 is 0 Å². The Bertz CT molecular complexity index is 165. The van der Waals surface area contributed by atoms with E-state index in [0.717, 1.165) is 26.3 Å². The zero-order valence-electron chi connectivity index (χ0n) is 9.55. The molecule has 1 atom stereocenters. The largest absolute Gasteiger partial charge is 0.380 e. The van der Waals surface area contributed by atoms with Gasteiger partial charge in [-0.25, -0.2) is 0 Å². The van der Waals surface area contributed by atoms with Crippen molar-refractivity contribution in [1.82, 2.24) is 10.2 Å². The Morgan fingerprint density at radius 3 is 2.86 bits per heavy atom. The van der Waals surface area contributed by atoms with Crippen LogP contribution in [0, 0.1) is 12.3 Å². The molecule has 3 heteroatoms. The van der Waals surface area contributed by atoms with E-state index in [1.165, 1.54) is 0 Å². The van der Waals surface area contributed by atoms with Crippen LogP contribution in [0.15, 0.2) is 0 Å². The molecule has 0 aromatic rings. The van der Waals surface area contributed by atoms with Crippen LogP contribution in [-0.4, -0.2) is 50.8 Å². The first-order valence-electron chi connectivity index (χ1n) is 5.14. The Labute approximate surface area is 87.8 Å². The number of terminal acetylenes is 1. The maximum absolute atomic E-state index is 5.29. The first-order valence-corrected chi connectivity index (χ1v) is 5.14. The third kappa shape index (κ3) is 6.90. The molecule has 0 aromatic heterocycles. The summed E-state index contributed by atoms with van der Waals surface area (Å²) in [5.74, 6) is 2.56. The second-order valence-electron chi connectivity index (χ2n) is 3.36. The van der Waals surface area contributed by atoms with E-state index in [1.807, 2.05) is 6.92 Å². The minimum absolute atomic E-state index is 0.490. The van der Waals surface area contributed by atoms with Gasteiger partial charge in [0.15, 0.2) is 0 Å². The molecule has 0 heterocycles. The van der Waals surface area contributed by atoms with Crippen molar-refractivity contribution in [3.63, 3.8) is 0 Å². The predicted octanol–water partition coefficient (Wildman–Crippen LogP) is 0.566. The van der Waals surface area contributed by atoms with E-state index in [4.69, 9.17) is 11.2 Å². The van der Waals surface area contributed by atoms with Crippen molar-refractivity contribution in [1.29, 1.82) is 0 Å². The molecule has 0 rings (SSSR count). The standard InChI is InChI=1S/C11H22N2O/c1-5-7-12-10-11(3)13(4)8-9-14-6-2/h1,11-12H,6-10H2,2-4H3. The van der Waals surface area contributed by atoms with Crippen LogP contribution in [0.5, 0.6) is 0 Å². The van der Waals surface area contributed by atoms with E-state index < -0.39 is 0 Å². The van der Waals surface area contributed by atoms with Crippen molar-refractivity contribution in [2.45, 2.75) is 19.9 Å². The Balaban J connectivity index is 3.45. The van der Waals surface area contributed by atoms with E-state index in [0.29, 0.717) is 12.6 Å². The lowest BCUT2D eigenvalue weighted by Gasteiger charge is -2.24. The molecule has 0 aliphatic rings. The van der Waals surface area contributed by atoms with Gasteiger partial charge in [0, 0.05) is 25.7 Å². The van der Waals surface area contributed by atoms with Crippen molar-refractivity contribution < 1.29 is 4.74 Å². The normalized spacial score (nSPS) is 12.8. The molecule has 0 aliphatic carbocycles. The fourth-order valence-corrected chi connectivity index (χ4v) is 1.08. The van der Waals surface area contributed by atoms with Gasteiger partial charge in [0.1, 0.15) is 0 Å². The van der Waals surface area contributed by atoms with Crippen LogP contribution in [-0.2, 0) is 4.74 Å². The second kappa shape index (κ2) is 9.01. The fourth-order valence-electron chi connectivity index (χ4n) is 1.08. The third-order valence-corrected chi connectivity index (χ3v) is 2.21. The maximum atomic E-state index is 5.29. The van der Waals surface area contributed by atoms with Crippen molar-refractivity contribution in [3.8, 4) is 12.3 Å². The number of nitrogens with one attached hydrogen (secondary N) is 1. The number of hydrogen-bond donors (Lipinski definition) is 1. The first-order chi connectivity index (χ1) is 6.72.